The van der Waals surface area contributed by atoms with Crippen molar-refractivity contribution in [2.24, 2.45) is 0 Å². The van der Waals surface area contributed by atoms with Crippen molar-refractivity contribution in [2.75, 3.05) is 26.2 Å². The third-order valence-electron chi connectivity index (χ3n) is 5.27. The Morgan fingerprint density at radius 1 is 1.07 bits per heavy atom. The Bertz CT molecular complexity index is 959. The molecule has 2 aromatic carbocycles. The Balaban J connectivity index is 1.43. The predicted octanol–water partition coefficient (Wildman–Crippen LogP) is 2.97. The van der Waals surface area contributed by atoms with Crippen LogP contribution in [0.5, 0.6) is 0 Å². The Labute approximate surface area is 170 Å². The first-order valence-electron chi connectivity index (χ1n) is 9.81. The molecule has 1 N–H and O–H groups in total. The van der Waals surface area contributed by atoms with Crippen molar-refractivity contribution < 1.29 is 9.69 Å². The molecule has 0 aliphatic carbocycles. The van der Waals surface area contributed by atoms with E-state index in [-0.39, 0.29) is 5.91 Å². The molecule has 1 fully saturated rings. The number of nitrogens with one attached hydrogen (secondary N) is 1. The number of aromatic nitrogens is 1. The molecule has 0 bridgehead atoms. The summed E-state index contributed by atoms with van der Waals surface area (Å²) >= 11 is 1.51. The summed E-state index contributed by atoms with van der Waals surface area (Å²) in [6.07, 6.45) is 0. The first-order valence-corrected chi connectivity index (χ1v) is 10.6. The molecule has 3 aromatic rings. The van der Waals surface area contributed by atoms with Crippen LogP contribution >= 0.6 is 11.3 Å². The van der Waals surface area contributed by atoms with Gasteiger partial charge in [0.25, 0.3) is 5.91 Å². The van der Waals surface area contributed by atoms with Crippen LogP contribution in [-0.2, 0) is 6.54 Å². The van der Waals surface area contributed by atoms with Gasteiger partial charge in [-0.15, -0.1) is 11.3 Å². The number of hydrogen-bond acceptors (Lipinski definition) is 3. The van der Waals surface area contributed by atoms with Crippen molar-refractivity contribution in [3.05, 3.63) is 75.6 Å². The SMILES string of the molecule is Cc1cccc(C[NH+]2CCN(C(=O)c3sc(C)nc3-c3ccccc3)CC2)c1. The second-order valence-corrected chi connectivity index (χ2v) is 8.69. The first-order chi connectivity index (χ1) is 13.6. The number of quaternary nitrogens is 1. The van der Waals surface area contributed by atoms with Gasteiger partial charge >= 0.3 is 0 Å². The summed E-state index contributed by atoms with van der Waals surface area (Å²) in [5, 5.41) is 0.936. The molecule has 1 aliphatic rings. The number of carbonyl (C=O) groups excluding carboxylic acids is 1. The molecule has 0 atom stereocenters. The summed E-state index contributed by atoms with van der Waals surface area (Å²) in [5.41, 5.74) is 4.51. The number of hydrogen-bond donors (Lipinski definition) is 1. The standard InChI is InChI=1S/C23H25N3OS/c1-17-7-6-8-19(15-17)16-25-11-13-26(14-12-25)23(27)22-21(24-18(2)28-22)20-9-4-3-5-10-20/h3-10,15H,11-14,16H2,1-2H3/p+1. The van der Waals surface area contributed by atoms with Crippen LogP contribution in [0.4, 0.5) is 0 Å². The van der Waals surface area contributed by atoms with Crippen LogP contribution in [0.2, 0.25) is 0 Å². The lowest BCUT2D eigenvalue weighted by molar-refractivity contribution is -0.917. The van der Waals surface area contributed by atoms with Gasteiger partial charge in [-0.25, -0.2) is 4.98 Å². The lowest BCUT2D eigenvalue weighted by Crippen LogP contribution is -3.13. The molecule has 0 spiro atoms. The molecule has 1 aliphatic heterocycles. The van der Waals surface area contributed by atoms with Gasteiger partial charge in [0.05, 0.1) is 36.9 Å². The fraction of sp³-hybridized carbons (Fsp3) is 0.304. The second-order valence-electron chi connectivity index (χ2n) is 7.48. The van der Waals surface area contributed by atoms with Crippen LogP contribution in [-0.4, -0.2) is 42.0 Å². The zero-order chi connectivity index (χ0) is 19.5. The van der Waals surface area contributed by atoms with E-state index >= 15 is 0 Å². The number of benzene rings is 2. The number of aryl methyl sites for hydroxylation is 2. The smallest absolute Gasteiger partial charge is 0.266 e. The average molecular weight is 393 g/mol. The molecule has 0 radical (unpaired) electrons. The minimum Gasteiger partial charge on any atom is -0.328 e. The first kappa shape index (κ1) is 18.8. The molecule has 1 amide bonds. The van der Waals surface area contributed by atoms with Crippen LogP contribution in [0, 0.1) is 13.8 Å². The normalized spacial score (nSPS) is 15.0. The molecule has 5 heteroatoms. The lowest BCUT2D eigenvalue weighted by Gasteiger charge is -2.32. The molecular formula is C23H26N3OS+. The van der Waals surface area contributed by atoms with Crippen LogP contribution in [0.15, 0.2) is 54.6 Å². The molecule has 4 nitrogen and oxygen atoms in total. The predicted molar refractivity (Wildman–Crippen MR) is 114 cm³/mol. The molecule has 144 valence electrons. The molecule has 4 rings (SSSR count). The van der Waals surface area contributed by atoms with Gasteiger partial charge in [-0.05, 0) is 13.8 Å². The maximum absolute atomic E-state index is 13.2. The van der Waals surface area contributed by atoms with E-state index in [0.717, 1.165) is 53.9 Å². The van der Waals surface area contributed by atoms with E-state index in [2.05, 4.69) is 36.2 Å². The van der Waals surface area contributed by atoms with Crippen molar-refractivity contribution in [1.82, 2.24) is 9.88 Å². The summed E-state index contributed by atoms with van der Waals surface area (Å²) in [5.74, 6) is 0.124. The number of amides is 1. The highest BCUT2D eigenvalue weighted by Gasteiger charge is 2.28. The maximum Gasteiger partial charge on any atom is 0.266 e. The minimum absolute atomic E-state index is 0.124. The van der Waals surface area contributed by atoms with Crippen LogP contribution in [0.25, 0.3) is 11.3 Å². The quantitative estimate of drug-likeness (QED) is 0.741. The highest BCUT2D eigenvalue weighted by molar-refractivity contribution is 7.14. The zero-order valence-electron chi connectivity index (χ0n) is 16.4. The van der Waals surface area contributed by atoms with Gasteiger partial charge in [0.1, 0.15) is 11.4 Å². The highest BCUT2D eigenvalue weighted by atomic mass is 32.1. The van der Waals surface area contributed by atoms with Crippen molar-refractivity contribution in [2.45, 2.75) is 20.4 Å². The van der Waals surface area contributed by atoms with E-state index in [1.165, 1.54) is 22.5 Å². The van der Waals surface area contributed by atoms with Crippen molar-refractivity contribution >= 4 is 17.2 Å². The third kappa shape index (κ3) is 4.16. The van der Waals surface area contributed by atoms with Gasteiger partial charge in [0.15, 0.2) is 0 Å². The number of nitrogens with zero attached hydrogens (tertiary/aromatic N) is 2. The molecule has 2 heterocycles. The van der Waals surface area contributed by atoms with E-state index < -0.39 is 0 Å². The summed E-state index contributed by atoms with van der Waals surface area (Å²) in [6, 6.07) is 18.7. The van der Waals surface area contributed by atoms with Gasteiger partial charge in [0, 0.05) is 11.1 Å². The van der Waals surface area contributed by atoms with Crippen molar-refractivity contribution in [1.29, 1.82) is 0 Å². The van der Waals surface area contributed by atoms with Crippen LogP contribution in [0.1, 0.15) is 25.8 Å². The fourth-order valence-corrected chi connectivity index (χ4v) is 4.73. The average Bonchev–Trinajstić information content (AvgIpc) is 3.10. The summed E-state index contributed by atoms with van der Waals surface area (Å²) in [7, 11) is 0. The molecule has 1 aromatic heterocycles. The van der Waals surface area contributed by atoms with E-state index in [0.29, 0.717) is 0 Å². The Hall–Kier alpha value is -2.50. The van der Waals surface area contributed by atoms with E-state index in [1.54, 1.807) is 4.90 Å². The number of carbonyl (C=O) groups is 1. The van der Waals surface area contributed by atoms with Crippen molar-refractivity contribution in [3.8, 4) is 11.3 Å². The number of thiazole rings is 1. The van der Waals surface area contributed by atoms with Gasteiger partial charge in [-0.1, -0.05) is 60.2 Å². The van der Waals surface area contributed by atoms with Gasteiger partial charge in [-0.2, -0.15) is 0 Å². The van der Waals surface area contributed by atoms with Crippen LogP contribution in [0.3, 0.4) is 0 Å². The highest BCUT2D eigenvalue weighted by Crippen LogP contribution is 2.29. The largest absolute Gasteiger partial charge is 0.328 e. The lowest BCUT2D eigenvalue weighted by atomic mass is 10.1. The Kier molecular flexibility index (Phi) is 5.55. The van der Waals surface area contributed by atoms with Crippen molar-refractivity contribution in [3.63, 3.8) is 0 Å². The molecular weight excluding hydrogens is 366 g/mol. The molecule has 28 heavy (non-hydrogen) atoms. The van der Waals surface area contributed by atoms with E-state index in [9.17, 15) is 4.79 Å². The monoisotopic (exact) mass is 392 g/mol. The van der Waals surface area contributed by atoms with Gasteiger partial charge in [-0.3, -0.25) is 4.79 Å². The number of rotatable bonds is 4. The summed E-state index contributed by atoms with van der Waals surface area (Å²) < 4.78 is 0. The fourth-order valence-electron chi connectivity index (χ4n) is 3.82. The molecule has 0 unspecified atom stereocenters. The Morgan fingerprint density at radius 2 is 1.82 bits per heavy atom. The Morgan fingerprint density at radius 3 is 2.54 bits per heavy atom. The maximum atomic E-state index is 13.2. The zero-order valence-corrected chi connectivity index (χ0v) is 17.3. The summed E-state index contributed by atoms with van der Waals surface area (Å²) in [4.78, 5) is 22.2. The van der Waals surface area contributed by atoms with Gasteiger partial charge < -0.3 is 9.80 Å². The van der Waals surface area contributed by atoms with E-state index in [4.69, 9.17) is 0 Å². The number of piperazine rings is 1. The topological polar surface area (TPSA) is 37.6 Å². The molecule has 0 saturated carbocycles. The minimum atomic E-state index is 0.124. The van der Waals surface area contributed by atoms with Gasteiger partial charge in [0.2, 0.25) is 0 Å². The summed E-state index contributed by atoms with van der Waals surface area (Å²) in [6.45, 7) is 8.69. The molecule has 1 saturated heterocycles. The second kappa shape index (κ2) is 8.25. The van der Waals surface area contributed by atoms with E-state index in [1.807, 2.05) is 42.2 Å². The van der Waals surface area contributed by atoms with Crippen LogP contribution < -0.4 is 4.90 Å². The third-order valence-corrected chi connectivity index (χ3v) is 6.23.